The molecule has 0 aliphatic carbocycles. The van der Waals surface area contributed by atoms with E-state index in [-0.39, 0.29) is 29.7 Å². The number of halogens is 1. The Balaban J connectivity index is 1.74. The summed E-state index contributed by atoms with van der Waals surface area (Å²) in [6.07, 6.45) is 1.10. The van der Waals surface area contributed by atoms with Gasteiger partial charge in [0, 0.05) is 24.2 Å². The standard InChI is InChI=1S/C18H17FN2O3/c19-14-8-7-13(11-15(14)21-9-3-6-18(21)24)20-17(23)10-12-4-1-2-5-16(12)22/h1-2,4-5,7-8,11,22H,3,6,9-10H2,(H,20,23). The van der Waals surface area contributed by atoms with E-state index in [1.807, 2.05) is 0 Å². The maximum Gasteiger partial charge on any atom is 0.228 e. The van der Waals surface area contributed by atoms with Crippen molar-refractivity contribution in [2.24, 2.45) is 0 Å². The van der Waals surface area contributed by atoms with Crippen molar-refractivity contribution >= 4 is 23.2 Å². The van der Waals surface area contributed by atoms with Gasteiger partial charge in [-0.05, 0) is 30.7 Å². The van der Waals surface area contributed by atoms with Crippen LogP contribution in [-0.4, -0.2) is 23.5 Å². The van der Waals surface area contributed by atoms with E-state index >= 15 is 0 Å². The Morgan fingerprint density at radius 2 is 2.04 bits per heavy atom. The van der Waals surface area contributed by atoms with Gasteiger partial charge in [0.1, 0.15) is 11.6 Å². The van der Waals surface area contributed by atoms with E-state index in [0.29, 0.717) is 30.6 Å². The fraction of sp³-hybridized carbons (Fsp3) is 0.222. The third kappa shape index (κ3) is 3.37. The molecule has 1 heterocycles. The van der Waals surface area contributed by atoms with Crippen LogP contribution in [-0.2, 0) is 16.0 Å². The number of hydrogen-bond acceptors (Lipinski definition) is 3. The molecule has 0 aromatic heterocycles. The highest BCUT2D eigenvalue weighted by Crippen LogP contribution is 2.27. The van der Waals surface area contributed by atoms with Crippen LogP contribution < -0.4 is 10.2 Å². The maximum atomic E-state index is 14.0. The van der Waals surface area contributed by atoms with Crippen LogP contribution in [0.3, 0.4) is 0 Å². The van der Waals surface area contributed by atoms with Gasteiger partial charge < -0.3 is 15.3 Å². The van der Waals surface area contributed by atoms with E-state index in [9.17, 15) is 19.1 Å². The average molecular weight is 328 g/mol. The highest BCUT2D eigenvalue weighted by Gasteiger charge is 2.24. The highest BCUT2D eigenvalue weighted by molar-refractivity contribution is 5.97. The van der Waals surface area contributed by atoms with Gasteiger partial charge in [-0.15, -0.1) is 0 Å². The SMILES string of the molecule is O=C(Cc1ccccc1O)Nc1ccc(F)c(N2CCCC2=O)c1. The molecule has 1 aliphatic heterocycles. The van der Waals surface area contributed by atoms with Crippen molar-refractivity contribution in [1.29, 1.82) is 0 Å². The lowest BCUT2D eigenvalue weighted by atomic mass is 10.1. The van der Waals surface area contributed by atoms with Crippen molar-refractivity contribution in [2.75, 3.05) is 16.8 Å². The number of phenols is 1. The summed E-state index contributed by atoms with van der Waals surface area (Å²) in [7, 11) is 0. The molecule has 2 aromatic rings. The molecule has 5 nitrogen and oxygen atoms in total. The van der Waals surface area contributed by atoms with Gasteiger partial charge in [0.05, 0.1) is 12.1 Å². The quantitative estimate of drug-likeness (QED) is 0.907. The first-order valence-corrected chi connectivity index (χ1v) is 7.71. The Kier molecular flexibility index (Phi) is 4.46. The summed E-state index contributed by atoms with van der Waals surface area (Å²) in [5.74, 6) is -0.896. The van der Waals surface area contributed by atoms with Crippen molar-refractivity contribution in [3.05, 3.63) is 53.8 Å². The number of phenolic OH excluding ortho intramolecular Hbond substituents is 1. The van der Waals surface area contributed by atoms with Crippen molar-refractivity contribution in [3.63, 3.8) is 0 Å². The summed E-state index contributed by atoms with van der Waals surface area (Å²) < 4.78 is 14.0. The number of aromatic hydroxyl groups is 1. The first kappa shape index (κ1) is 16.0. The zero-order valence-corrected chi connectivity index (χ0v) is 13.0. The molecule has 3 rings (SSSR count). The van der Waals surface area contributed by atoms with Gasteiger partial charge in [0.2, 0.25) is 11.8 Å². The monoisotopic (exact) mass is 328 g/mol. The number of hydrogen-bond donors (Lipinski definition) is 2. The molecule has 1 fully saturated rings. The number of rotatable bonds is 4. The number of carbonyl (C=O) groups excluding carboxylic acids is 2. The summed E-state index contributed by atoms with van der Waals surface area (Å²) in [5, 5.41) is 12.4. The van der Waals surface area contributed by atoms with Gasteiger partial charge >= 0.3 is 0 Å². The zero-order valence-electron chi connectivity index (χ0n) is 13.0. The molecule has 24 heavy (non-hydrogen) atoms. The van der Waals surface area contributed by atoms with E-state index in [1.54, 1.807) is 18.2 Å². The lowest BCUT2D eigenvalue weighted by molar-refractivity contribution is -0.117. The van der Waals surface area contributed by atoms with Crippen LogP contribution in [0.5, 0.6) is 5.75 Å². The summed E-state index contributed by atoms with van der Waals surface area (Å²) >= 11 is 0. The second kappa shape index (κ2) is 6.70. The van der Waals surface area contributed by atoms with Crippen LogP contribution in [0.1, 0.15) is 18.4 Å². The number of benzene rings is 2. The minimum atomic E-state index is -0.496. The topological polar surface area (TPSA) is 69.6 Å². The van der Waals surface area contributed by atoms with Gasteiger partial charge in [-0.2, -0.15) is 0 Å². The fourth-order valence-electron chi connectivity index (χ4n) is 2.74. The molecule has 2 aromatic carbocycles. The van der Waals surface area contributed by atoms with Crippen LogP contribution >= 0.6 is 0 Å². The maximum absolute atomic E-state index is 14.0. The number of amides is 2. The van der Waals surface area contributed by atoms with E-state index in [4.69, 9.17) is 0 Å². The first-order valence-electron chi connectivity index (χ1n) is 7.71. The number of anilines is 2. The predicted molar refractivity (Wildman–Crippen MR) is 88.4 cm³/mol. The molecule has 6 heteroatoms. The van der Waals surface area contributed by atoms with Crippen molar-refractivity contribution in [1.82, 2.24) is 0 Å². The normalized spacial score (nSPS) is 14.0. The van der Waals surface area contributed by atoms with Crippen LogP contribution in [0.25, 0.3) is 0 Å². The van der Waals surface area contributed by atoms with Crippen LogP contribution in [0.2, 0.25) is 0 Å². The zero-order chi connectivity index (χ0) is 17.1. The number of carbonyl (C=O) groups is 2. The Labute approximate surface area is 138 Å². The summed E-state index contributed by atoms with van der Waals surface area (Å²) in [6.45, 7) is 0.477. The number of para-hydroxylation sites is 1. The molecular formula is C18H17FN2O3. The first-order chi connectivity index (χ1) is 11.5. The lowest BCUT2D eigenvalue weighted by Gasteiger charge is -2.17. The third-order valence-corrected chi connectivity index (χ3v) is 3.94. The Morgan fingerprint density at radius 1 is 1.25 bits per heavy atom. The minimum Gasteiger partial charge on any atom is -0.508 e. The van der Waals surface area contributed by atoms with Crippen molar-refractivity contribution in [2.45, 2.75) is 19.3 Å². The van der Waals surface area contributed by atoms with Gasteiger partial charge in [-0.1, -0.05) is 18.2 Å². The largest absolute Gasteiger partial charge is 0.508 e. The molecule has 2 N–H and O–H groups in total. The minimum absolute atomic E-state index is 0.00201. The molecule has 0 radical (unpaired) electrons. The summed E-state index contributed by atoms with van der Waals surface area (Å²) in [6, 6.07) is 10.7. The molecular weight excluding hydrogens is 311 g/mol. The van der Waals surface area contributed by atoms with E-state index < -0.39 is 5.82 Å². The Hall–Kier alpha value is -2.89. The average Bonchev–Trinajstić information content (AvgIpc) is 2.97. The summed E-state index contributed by atoms with van der Waals surface area (Å²) in [5.41, 5.74) is 1.09. The van der Waals surface area contributed by atoms with Gasteiger partial charge in [0.25, 0.3) is 0 Å². The van der Waals surface area contributed by atoms with Crippen LogP contribution in [0.15, 0.2) is 42.5 Å². The lowest BCUT2D eigenvalue weighted by Crippen LogP contribution is -2.25. The van der Waals surface area contributed by atoms with Crippen LogP contribution in [0, 0.1) is 5.82 Å². The number of nitrogens with zero attached hydrogens (tertiary/aromatic N) is 1. The molecule has 124 valence electrons. The Bertz CT molecular complexity index is 792. The van der Waals surface area contributed by atoms with Gasteiger partial charge in [-0.25, -0.2) is 4.39 Å². The second-order valence-electron chi connectivity index (χ2n) is 5.67. The third-order valence-electron chi connectivity index (χ3n) is 3.94. The van der Waals surface area contributed by atoms with Gasteiger partial charge in [-0.3, -0.25) is 9.59 Å². The molecule has 0 bridgehead atoms. The molecule has 0 unspecified atom stereocenters. The second-order valence-corrected chi connectivity index (χ2v) is 5.67. The smallest absolute Gasteiger partial charge is 0.228 e. The van der Waals surface area contributed by atoms with Gasteiger partial charge in [0.15, 0.2) is 0 Å². The molecule has 0 atom stereocenters. The van der Waals surface area contributed by atoms with Crippen LogP contribution in [0.4, 0.5) is 15.8 Å². The molecule has 0 spiro atoms. The van der Waals surface area contributed by atoms with Crippen molar-refractivity contribution in [3.8, 4) is 5.75 Å². The van der Waals surface area contributed by atoms with E-state index in [0.717, 1.165) is 0 Å². The molecule has 1 saturated heterocycles. The predicted octanol–water partition coefficient (Wildman–Crippen LogP) is 2.84. The molecule has 0 saturated carbocycles. The van der Waals surface area contributed by atoms with E-state index in [1.165, 1.54) is 29.2 Å². The highest BCUT2D eigenvalue weighted by atomic mass is 19.1. The Morgan fingerprint density at radius 3 is 2.75 bits per heavy atom. The van der Waals surface area contributed by atoms with Crippen molar-refractivity contribution < 1.29 is 19.1 Å². The number of nitrogens with one attached hydrogen (secondary N) is 1. The summed E-state index contributed by atoms with van der Waals surface area (Å²) in [4.78, 5) is 25.3. The molecule has 2 amide bonds. The van der Waals surface area contributed by atoms with E-state index in [2.05, 4.69) is 5.32 Å². The molecule has 1 aliphatic rings. The fourth-order valence-corrected chi connectivity index (χ4v) is 2.74.